The standard InChI is InChI=1S/C14H14FN3O/c1-8-3-6-13(9(2)17-8)18-14(19)10-4-5-11(15)12(16)7-10/h3-7H,16H2,1-2H3,(H,18,19). The maximum Gasteiger partial charge on any atom is 0.255 e. The molecular formula is C14H14FN3O. The third-order valence-electron chi connectivity index (χ3n) is 2.73. The fourth-order valence-corrected chi connectivity index (χ4v) is 1.70. The van der Waals surface area contributed by atoms with Crippen LogP contribution in [0.5, 0.6) is 0 Å². The van der Waals surface area contributed by atoms with Crippen LogP contribution in [0.2, 0.25) is 0 Å². The van der Waals surface area contributed by atoms with Crippen molar-refractivity contribution in [1.82, 2.24) is 4.98 Å². The van der Waals surface area contributed by atoms with E-state index in [2.05, 4.69) is 10.3 Å². The number of nitrogens with zero attached hydrogens (tertiary/aromatic N) is 1. The lowest BCUT2D eigenvalue weighted by atomic mass is 10.1. The smallest absolute Gasteiger partial charge is 0.255 e. The first-order chi connectivity index (χ1) is 8.97. The molecule has 0 saturated heterocycles. The molecule has 1 heterocycles. The van der Waals surface area contributed by atoms with Gasteiger partial charge in [0.1, 0.15) is 5.82 Å². The van der Waals surface area contributed by atoms with E-state index in [9.17, 15) is 9.18 Å². The highest BCUT2D eigenvalue weighted by Gasteiger charge is 2.10. The first kappa shape index (κ1) is 13.0. The third-order valence-corrected chi connectivity index (χ3v) is 2.73. The van der Waals surface area contributed by atoms with Gasteiger partial charge < -0.3 is 11.1 Å². The monoisotopic (exact) mass is 259 g/mol. The van der Waals surface area contributed by atoms with Crippen molar-refractivity contribution < 1.29 is 9.18 Å². The topological polar surface area (TPSA) is 68.0 Å². The fraction of sp³-hybridized carbons (Fsp3) is 0.143. The average Bonchev–Trinajstić information content (AvgIpc) is 2.36. The number of pyridine rings is 1. The van der Waals surface area contributed by atoms with Crippen LogP contribution in [0.25, 0.3) is 0 Å². The van der Waals surface area contributed by atoms with Crippen molar-refractivity contribution >= 4 is 17.3 Å². The van der Waals surface area contributed by atoms with Crippen LogP contribution in [0.15, 0.2) is 30.3 Å². The van der Waals surface area contributed by atoms with Gasteiger partial charge in [0.2, 0.25) is 0 Å². The number of aromatic nitrogens is 1. The Kier molecular flexibility index (Phi) is 3.46. The number of hydrogen-bond acceptors (Lipinski definition) is 3. The zero-order valence-corrected chi connectivity index (χ0v) is 10.7. The molecule has 2 aromatic rings. The van der Waals surface area contributed by atoms with E-state index in [1.54, 1.807) is 6.07 Å². The summed E-state index contributed by atoms with van der Waals surface area (Å²) in [5.41, 5.74) is 7.91. The summed E-state index contributed by atoms with van der Waals surface area (Å²) in [6.07, 6.45) is 0. The Morgan fingerprint density at radius 1 is 1.26 bits per heavy atom. The number of carbonyl (C=O) groups excluding carboxylic acids is 1. The van der Waals surface area contributed by atoms with Crippen LogP contribution in [0, 0.1) is 19.7 Å². The molecular weight excluding hydrogens is 245 g/mol. The van der Waals surface area contributed by atoms with E-state index in [-0.39, 0.29) is 11.6 Å². The Morgan fingerprint density at radius 2 is 2.00 bits per heavy atom. The summed E-state index contributed by atoms with van der Waals surface area (Å²) in [6, 6.07) is 7.45. The molecule has 0 aliphatic carbocycles. The van der Waals surface area contributed by atoms with Crippen molar-refractivity contribution in [3.8, 4) is 0 Å². The zero-order chi connectivity index (χ0) is 14.0. The first-order valence-electron chi connectivity index (χ1n) is 5.78. The van der Waals surface area contributed by atoms with Gasteiger partial charge in [0.25, 0.3) is 5.91 Å². The van der Waals surface area contributed by atoms with Gasteiger partial charge in [-0.3, -0.25) is 9.78 Å². The highest BCUT2D eigenvalue weighted by atomic mass is 19.1. The van der Waals surface area contributed by atoms with Gasteiger partial charge in [-0.05, 0) is 44.2 Å². The Hall–Kier alpha value is -2.43. The lowest BCUT2D eigenvalue weighted by Crippen LogP contribution is -2.14. The molecule has 0 radical (unpaired) electrons. The van der Waals surface area contributed by atoms with E-state index in [4.69, 9.17) is 5.73 Å². The maximum atomic E-state index is 13.0. The van der Waals surface area contributed by atoms with E-state index in [1.165, 1.54) is 18.2 Å². The SMILES string of the molecule is Cc1ccc(NC(=O)c2ccc(F)c(N)c2)c(C)n1. The zero-order valence-electron chi connectivity index (χ0n) is 10.7. The van der Waals surface area contributed by atoms with Crippen molar-refractivity contribution in [2.24, 2.45) is 0 Å². The van der Waals surface area contributed by atoms with Crippen LogP contribution in [0.1, 0.15) is 21.7 Å². The molecule has 0 bridgehead atoms. The number of hydrogen-bond donors (Lipinski definition) is 2. The minimum absolute atomic E-state index is 0.0496. The number of nitrogen functional groups attached to an aromatic ring is 1. The number of benzene rings is 1. The lowest BCUT2D eigenvalue weighted by molar-refractivity contribution is 0.102. The quantitative estimate of drug-likeness (QED) is 0.815. The Bertz CT molecular complexity index is 641. The average molecular weight is 259 g/mol. The minimum Gasteiger partial charge on any atom is -0.396 e. The molecule has 0 unspecified atom stereocenters. The third kappa shape index (κ3) is 2.88. The highest BCUT2D eigenvalue weighted by molar-refractivity contribution is 6.05. The highest BCUT2D eigenvalue weighted by Crippen LogP contribution is 2.16. The molecule has 4 nitrogen and oxygen atoms in total. The van der Waals surface area contributed by atoms with E-state index in [0.29, 0.717) is 11.3 Å². The number of nitrogens with two attached hydrogens (primary N) is 1. The molecule has 0 aliphatic rings. The molecule has 1 aromatic heterocycles. The number of amides is 1. The van der Waals surface area contributed by atoms with Crippen LogP contribution in [0.3, 0.4) is 0 Å². The minimum atomic E-state index is -0.537. The van der Waals surface area contributed by atoms with Crippen molar-refractivity contribution in [3.63, 3.8) is 0 Å². The Morgan fingerprint density at radius 3 is 2.63 bits per heavy atom. The summed E-state index contributed by atoms with van der Waals surface area (Å²) in [6.45, 7) is 3.68. The molecule has 2 rings (SSSR count). The predicted octanol–water partition coefficient (Wildman–Crippen LogP) is 2.67. The van der Waals surface area contributed by atoms with Crippen molar-refractivity contribution in [3.05, 3.63) is 53.1 Å². The molecule has 1 aromatic carbocycles. The van der Waals surface area contributed by atoms with Gasteiger partial charge in [-0.25, -0.2) is 4.39 Å². The van der Waals surface area contributed by atoms with Crippen molar-refractivity contribution in [2.75, 3.05) is 11.1 Å². The molecule has 0 spiro atoms. The summed E-state index contributed by atoms with van der Waals surface area (Å²) in [7, 11) is 0. The van der Waals surface area contributed by atoms with Gasteiger partial charge in [0.15, 0.2) is 0 Å². The molecule has 19 heavy (non-hydrogen) atoms. The number of carbonyl (C=O) groups is 1. The summed E-state index contributed by atoms with van der Waals surface area (Å²) >= 11 is 0. The normalized spacial score (nSPS) is 10.3. The second-order valence-corrected chi connectivity index (χ2v) is 4.28. The van der Waals surface area contributed by atoms with Gasteiger partial charge in [-0.15, -0.1) is 0 Å². The van der Waals surface area contributed by atoms with Crippen LogP contribution in [0.4, 0.5) is 15.8 Å². The molecule has 3 N–H and O–H groups in total. The second kappa shape index (κ2) is 5.06. The number of nitrogens with one attached hydrogen (secondary N) is 1. The molecule has 0 saturated carbocycles. The summed E-state index contributed by atoms with van der Waals surface area (Å²) in [5, 5.41) is 2.72. The van der Waals surface area contributed by atoms with E-state index in [1.807, 2.05) is 19.9 Å². The maximum absolute atomic E-state index is 13.0. The van der Waals surface area contributed by atoms with Gasteiger partial charge in [0.05, 0.1) is 17.1 Å². The van der Waals surface area contributed by atoms with Crippen LogP contribution < -0.4 is 11.1 Å². The molecule has 0 atom stereocenters. The van der Waals surface area contributed by atoms with Crippen molar-refractivity contribution in [1.29, 1.82) is 0 Å². The fourth-order valence-electron chi connectivity index (χ4n) is 1.70. The first-order valence-corrected chi connectivity index (χ1v) is 5.78. The van der Waals surface area contributed by atoms with E-state index < -0.39 is 5.82 Å². The van der Waals surface area contributed by atoms with Gasteiger partial charge in [0, 0.05) is 11.3 Å². The molecule has 1 amide bonds. The van der Waals surface area contributed by atoms with E-state index in [0.717, 1.165) is 11.4 Å². The van der Waals surface area contributed by atoms with Gasteiger partial charge in [-0.1, -0.05) is 0 Å². The lowest BCUT2D eigenvalue weighted by Gasteiger charge is -2.09. The molecule has 98 valence electrons. The number of anilines is 2. The molecule has 5 heteroatoms. The predicted molar refractivity (Wildman–Crippen MR) is 72.5 cm³/mol. The van der Waals surface area contributed by atoms with E-state index >= 15 is 0 Å². The van der Waals surface area contributed by atoms with Crippen molar-refractivity contribution in [2.45, 2.75) is 13.8 Å². The number of rotatable bonds is 2. The summed E-state index contributed by atoms with van der Waals surface area (Å²) < 4.78 is 13.0. The Labute approximate surface area is 110 Å². The number of halogens is 1. The van der Waals surface area contributed by atoms with Crippen LogP contribution in [-0.4, -0.2) is 10.9 Å². The number of aryl methyl sites for hydroxylation is 2. The molecule has 0 fully saturated rings. The van der Waals surface area contributed by atoms with Gasteiger partial charge >= 0.3 is 0 Å². The largest absolute Gasteiger partial charge is 0.396 e. The summed E-state index contributed by atoms with van der Waals surface area (Å²) in [4.78, 5) is 16.3. The molecule has 0 aliphatic heterocycles. The Balaban J connectivity index is 2.23. The van der Waals surface area contributed by atoms with Crippen LogP contribution in [-0.2, 0) is 0 Å². The van der Waals surface area contributed by atoms with Crippen LogP contribution >= 0.6 is 0 Å². The van der Waals surface area contributed by atoms with Gasteiger partial charge in [-0.2, -0.15) is 0 Å². The summed E-state index contributed by atoms with van der Waals surface area (Å²) in [5.74, 6) is -0.884. The second-order valence-electron chi connectivity index (χ2n) is 4.28.